The first kappa shape index (κ1) is 22.4. The number of hydrogen-bond donors (Lipinski definition) is 0. The second kappa shape index (κ2) is 8.83. The van der Waals surface area contributed by atoms with Crippen molar-refractivity contribution in [1.82, 2.24) is 14.1 Å². The topological polar surface area (TPSA) is 22.8 Å². The zero-order valence-corrected chi connectivity index (χ0v) is 21.3. The van der Waals surface area contributed by atoms with Gasteiger partial charge in [0.1, 0.15) is 5.82 Å². The fraction of sp³-hybridized carbons (Fsp3) is 0.182. The molecular weight excluding hydrogens is 438 g/mol. The summed E-state index contributed by atoms with van der Waals surface area (Å²) in [5, 5.41) is 2.54. The van der Waals surface area contributed by atoms with Crippen LogP contribution in [0.15, 0.2) is 103 Å². The normalized spacial score (nSPS) is 11.8. The first-order valence-corrected chi connectivity index (χ1v) is 12.8. The minimum Gasteiger partial charge on any atom is -0.309 e. The summed E-state index contributed by atoms with van der Waals surface area (Å²) in [5.74, 6) is 1.79. The summed E-state index contributed by atoms with van der Waals surface area (Å²) in [5.41, 5.74) is 8.63. The Morgan fingerprint density at radius 3 is 1.83 bits per heavy atom. The van der Waals surface area contributed by atoms with Crippen molar-refractivity contribution in [3.05, 3.63) is 115 Å². The van der Waals surface area contributed by atoms with E-state index in [-0.39, 0.29) is 0 Å². The molecular formula is C33H31N3. The maximum Gasteiger partial charge on any atom is 0.144 e. The molecule has 0 aliphatic carbocycles. The smallest absolute Gasteiger partial charge is 0.144 e. The average molecular weight is 470 g/mol. The summed E-state index contributed by atoms with van der Waals surface area (Å²) in [6.07, 6.45) is 4.03. The number of para-hydroxylation sites is 3. The standard InChI is InChI=1S/C33H31N3/c1-22(2)26-15-10-16-27(23(3)4)32(26)35-20-19-34-33(35)24-11-9-12-25(21-24)36-30-17-7-5-13-28(30)29-14-6-8-18-31(29)36/h5-23H,1-4H3. The predicted molar refractivity (Wildman–Crippen MR) is 152 cm³/mol. The van der Waals surface area contributed by atoms with Gasteiger partial charge in [-0.25, -0.2) is 4.98 Å². The maximum absolute atomic E-state index is 4.86. The van der Waals surface area contributed by atoms with Gasteiger partial charge in [-0.2, -0.15) is 0 Å². The van der Waals surface area contributed by atoms with Gasteiger partial charge in [0.15, 0.2) is 0 Å². The monoisotopic (exact) mass is 469 g/mol. The summed E-state index contributed by atoms with van der Waals surface area (Å²) in [6.45, 7) is 9.07. The summed E-state index contributed by atoms with van der Waals surface area (Å²) in [6, 6.07) is 32.8. The molecule has 0 bridgehead atoms. The molecule has 36 heavy (non-hydrogen) atoms. The van der Waals surface area contributed by atoms with Crippen molar-refractivity contribution in [2.45, 2.75) is 39.5 Å². The Morgan fingerprint density at radius 2 is 1.22 bits per heavy atom. The lowest BCUT2D eigenvalue weighted by Crippen LogP contribution is -2.08. The van der Waals surface area contributed by atoms with Gasteiger partial charge in [0, 0.05) is 34.4 Å². The van der Waals surface area contributed by atoms with Crippen molar-refractivity contribution < 1.29 is 0 Å². The third-order valence-corrected chi connectivity index (χ3v) is 7.17. The van der Waals surface area contributed by atoms with Gasteiger partial charge in [-0.15, -0.1) is 0 Å². The van der Waals surface area contributed by atoms with E-state index in [2.05, 4.69) is 134 Å². The Labute approximate surface area is 212 Å². The molecule has 6 rings (SSSR count). The van der Waals surface area contributed by atoms with E-state index in [9.17, 15) is 0 Å². The highest BCUT2D eigenvalue weighted by Gasteiger charge is 2.19. The van der Waals surface area contributed by atoms with E-state index < -0.39 is 0 Å². The van der Waals surface area contributed by atoms with E-state index in [4.69, 9.17) is 4.98 Å². The van der Waals surface area contributed by atoms with Gasteiger partial charge in [0.05, 0.1) is 16.7 Å². The summed E-state index contributed by atoms with van der Waals surface area (Å²) in [4.78, 5) is 4.86. The summed E-state index contributed by atoms with van der Waals surface area (Å²) >= 11 is 0. The number of rotatable bonds is 5. The molecule has 0 N–H and O–H groups in total. The van der Waals surface area contributed by atoms with E-state index in [0.717, 1.165) is 17.1 Å². The zero-order valence-electron chi connectivity index (χ0n) is 21.3. The Morgan fingerprint density at radius 1 is 0.639 bits per heavy atom. The highest BCUT2D eigenvalue weighted by Crippen LogP contribution is 2.36. The highest BCUT2D eigenvalue weighted by atomic mass is 15.1. The van der Waals surface area contributed by atoms with Gasteiger partial charge >= 0.3 is 0 Å². The van der Waals surface area contributed by atoms with Crippen LogP contribution in [0, 0.1) is 0 Å². The van der Waals surface area contributed by atoms with Crippen LogP contribution in [0.25, 0.3) is 44.6 Å². The molecule has 2 heterocycles. The van der Waals surface area contributed by atoms with E-state index in [1.54, 1.807) is 0 Å². The van der Waals surface area contributed by atoms with Crippen LogP contribution in [0.1, 0.15) is 50.7 Å². The van der Waals surface area contributed by atoms with Crippen LogP contribution in [0.3, 0.4) is 0 Å². The minimum absolute atomic E-state index is 0.415. The molecule has 0 saturated carbocycles. The minimum atomic E-state index is 0.415. The molecule has 0 radical (unpaired) electrons. The van der Waals surface area contributed by atoms with Crippen LogP contribution in [-0.4, -0.2) is 14.1 Å². The fourth-order valence-corrected chi connectivity index (χ4v) is 5.47. The van der Waals surface area contributed by atoms with Crippen molar-refractivity contribution in [2.75, 3.05) is 0 Å². The predicted octanol–water partition coefficient (Wildman–Crippen LogP) is 8.88. The van der Waals surface area contributed by atoms with Crippen LogP contribution in [0.5, 0.6) is 0 Å². The Balaban J connectivity index is 1.57. The van der Waals surface area contributed by atoms with E-state index in [1.807, 2.05) is 6.20 Å². The molecule has 178 valence electrons. The largest absolute Gasteiger partial charge is 0.309 e. The number of nitrogens with zero attached hydrogens (tertiary/aromatic N) is 3. The Hall–Kier alpha value is -4.11. The summed E-state index contributed by atoms with van der Waals surface area (Å²) < 4.78 is 4.65. The average Bonchev–Trinajstić information content (AvgIpc) is 3.51. The van der Waals surface area contributed by atoms with E-state index in [1.165, 1.54) is 38.6 Å². The Kier molecular flexibility index (Phi) is 5.49. The zero-order chi connectivity index (χ0) is 24.8. The first-order chi connectivity index (χ1) is 17.5. The van der Waals surface area contributed by atoms with E-state index >= 15 is 0 Å². The third-order valence-electron chi connectivity index (χ3n) is 7.17. The number of aromatic nitrogens is 3. The second-order valence-electron chi connectivity index (χ2n) is 10.1. The molecule has 0 aliphatic heterocycles. The van der Waals surface area contributed by atoms with Gasteiger partial charge in [-0.3, -0.25) is 4.57 Å². The molecule has 0 unspecified atom stereocenters. The van der Waals surface area contributed by atoms with Gasteiger partial charge in [-0.1, -0.05) is 94.4 Å². The number of benzene rings is 4. The second-order valence-corrected chi connectivity index (χ2v) is 10.1. The molecule has 2 aromatic heterocycles. The summed E-state index contributed by atoms with van der Waals surface area (Å²) in [7, 11) is 0. The SMILES string of the molecule is CC(C)c1cccc(C(C)C)c1-n1ccnc1-c1cccc(-n2c3ccccc3c3ccccc32)c1. The van der Waals surface area contributed by atoms with Crippen molar-refractivity contribution in [3.63, 3.8) is 0 Å². The third kappa shape index (κ3) is 3.54. The molecule has 3 heteroatoms. The van der Waals surface area contributed by atoms with Crippen LogP contribution >= 0.6 is 0 Å². The first-order valence-electron chi connectivity index (χ1n) is 12.8. The lowest BCUT2D eigenvalue weighted by molar-refractivity contribution is 0.806. The van der Waals surface area contributed by atoms with Gasteiger partial charge in [0.2, 0.25) is 0 Å². The lowest BCUT2D eigenvalue weighted by Gasteiger charge is -2.22. The van der Waals surface area contributed by atoms with Crippen LogP contribution in [0.2, 0.25) is 0 Å². The van der Waals surface area contributed by atoms with Crippen LogP contribution < -0.4 is 0 Å². The molecule has 0 spiro atoms. The molecule has 0 amide bonds. The molecule has 6 aromatic rings. The number of imidazole rings is 1. The Bertz CT molecular complexity index is 1620. The molecule has 3 nitrogen and oxygen atoms in total. The van der Waals surface area contributed by atoms with Crippen molar-refractivity contribution in [1.29, 1.82) is 0 Å². The van der Waals surface area contributed by atoms with Crippen molar-refractivity contribution >= 4 is 21.8 Å². The molecule has 0 saturated heterocycles. The van der Waals surface area contributed by atoms with Crippen LogP contribution in [-0.2, 0) is 0 Å². The van der Waals surface area contributed by atoms with Crippen LogP contribution in [0.4, 0.5) is 0 Å². The van der Waals surface area contributed by atoms with Crippen molar-refractivity contribution in [2.24, 2.45) is 0 Å². The molecule has 4 aromatic carbocycles. The number of hydrogen-bond acceptors (Lipinski definition) is 1. The maximum atomic E-state index is 4.86. The highest BCUT2D eigenvalue weighted by molar-refractivity contribution is 6.09. The fourth-order valence-electron chi connectivity index (χ4n) is 5.47. The molecule has 0 atom stereocenters. The van der Waals surface area contributed by atoms with Gasteiger partial charge < -0.3 is 4.57 Å². The molecule has 0 aliphatic rings. The van der Waals surface area contributed by atoms with Crippen molar-refractivity contribution in [3.8, 4) is 22.8 Å². The molecule has 0 fully saturated rings. The van der Waals surface area contributed by atoms with E-state index in [0.29, 0.717) is 11.8 Å². The van der Waals surface area contributed by atoms with Gasteiger partial charge in [0.25, 0.3) is 0 Å². The lowest BCUT2D eigenvalue weighted by atomic mass is 9.92. The number of fused-ring (bicyclic) bond motifs is 3. The quantitative estimate of drug-likeness (QED) is 0.247. The van der Waals surface area contributed by atoms with Gasteiger partial charge in [-0.05, 0) is 47.2 Å².